The minimum Gasteiger partial charge on any atom is -0.497 e. The van der Waals surface area contributed by atoms with Crippen LogP contribution in [0.3, 0.4) is 0 Å². The predicted octanol–water partition coefficient (Wildman–Crippen LogP) is 4.67. The number of amides is 2. The largest absolute Gasteiger partial charge is 0.497 e. The maximum Gasteiger partial charge on any atom is 0.264 e. The Morgan fingerprint density at radius 1 is 1.00 bits per heavy atom. The number of sulfonamides is 1. The van der Waals surface area contributed by atoms with Gasteiger partial charge in [0.25, 0.3) is 10.0 Å². The molecule has 1 N–H and O–H groups in total. The van der Waals surface area contributed by atoms with Gasteiger partial charge in [0.05, 0.1) is 17.7 Å². The zero-order valence-corrected chi connectivity index (χ0v) is 24.2. The fourth-order valence-corrected chi connectivity index (χ4v) is 5.40. The quantitative estimate of drug-likeness (QED) is 0.342. The van der Waals surface area contributed by atoms with Gasteiger partial charge in [-0.2, -0.15) is 0 Å². The SMILES string of the molecule is CC[C@@H](C)NC(=O)[C@H](C)N(Cc1cccc(OC)c1)C(=O)CN(c1ccc(F)cc1)S(=O)(=O)c1ccc(C)cc1. The number of ether oxygens (including phenoxy) is 1. The van der Waals surface area contributed by atoms with Crippen LogP contribution in [0.2, 0.25) is 0 Å². The molecule has 2 atom stereocenters. The third-order valence-corrected chi connectivity index (χ3v) is 8.45. The lowest BCUT2D eigenvalue weighted by Crippen LogP contribution is -2.52. The number of halogens is 1. The lowest BCUT2D eigenvalue weighted by molar-refractivity contribution is -0.139. The third-order valence-electron chi connectivity index (χ3n) is 6.66. The Kier molecular flexibility index (Phi) is 10.3. The number of hydrogen-bond donors (Lipinski definition) is 1. The van der Waals surface area contributed by atoms with Gasteiger partial charge >= 0.3 is 0 Å². The number of aryl methyl sites for hydroxylation is 1. The molecule has 0 aromatic heterocycles. The zero-order chi connectivity index (χ0) is 29.4. The molecule has 0 aliphatic carbocycles. The molecule has 0 unspecified atom stereocenters. The Morgan fingerprint density at radius 2 is 1.65 bits per heavy atom. The highest BCUT2D eigenvalue weighted by Crippen LogP contribution is 2.25. The number of hydrogen-bond acceptors (Lipinski definition) is 5. The normalized spacial score (nSPS) is 12.8. The Balaban J connectivity index is 2.03. The van der Waals surface area contributed by atoms with Crippen LogP contribution in [0.15, 0.2) is 77.7 Å². The van der Waals surface area contributed by atoms with Gasteiger partial charge in [-0.3, -0.25) is 13.9 Å². The van der Waals surface area contributed by atoms with Gasteiger partial charge in [0.2, 0.25) is 11.8 Å². The molecule has 3 aromatic rings. The summed E-state index contributed by atoms with van der Waals surface area (Å²) in [4.78, 5) is 28.4. The number of nitrogens with zero attached hydrogens (tertiary/aromatic N) is 2. The van der Waals surface area contributed by atoms with Crippen LogP contribution in [-0.2, 0) is 26.2 Å². The monoisotopic (exact) mass is 569 g/mol. The topological polar surface area (TPSA) is 96.0 Å². The highest BCUT2D eigenvalue weighted by molar-refractivity contribution is 7.92. The van der Waals surface area contributed by atoms with Crippen LogP contribution in [0, 0.1) is 12.7 Å². The molecule has 0 saturated carbocycles. The van der Waals surface area contributed by atoms with E-state index in [2.05, 4.69) is 5.32 Å². The van der Waals surface area contributed by atoms with Crippen molar-refractivity contribution in [1.29, 1.82) is 0 Å². The van der Waals surface area contributed by atoms with Gasteiger partial charge in [0.1, 0.15) is 24.2 Å². The summed E-state index contributed by atoms with van der Waals surface area (Å²) in [7, 11) is -2.69. The van der Waals surface area contributed by atoms with E-state index in [0.29, 0.717) is 17.7 Å². The van der Waals surface area contributed by atoms with Crippen molar-refractivity contribution in [3.63, 3.8) is 0 Å². The minimum atomic E-state index is -4.22. The second kappa shape index (κ2) is 13.4. The molecule has 0 aliphatic rings. The first-order chi connectivity index (χ1) is 19.0. The van der Waals surface area contributed by atoms with Crippen LogP contribution in [0.1, 0.15) is 38.3 Å². The minimum absolute atomic E-state index is 0.0165. The molecule has 3 aromatic carbocycles. The van der Waals surface area contributed by atoms with Crippen molar-refractivity contribution in [2.24, 2.45) is 0 Å². The second-order valence-corrected chi connectivity index (χ2v) is 11.5. The van der Waals surface area contributed by atoms with E-state index < -0.39 is 34.3 Å². The maximum atomic E-state index is 13.9. The van der Waals surface area contributed by atoms with Crippen molar-refractivity contribution in [1.82, 2.24) is 10.2 Å². The van der Waals surface area contributed by atoms with E-state index in [4.69, 9.17) is 4.74 Å². The molecule has 2 amide bonds. The summed E-state index contributed by atoms with van der Waals surface area (Å²) in [6.07, 6.45) is 0.704. The van der Waals surface area contributed by atoms with E-state index in [-0.39, 0.29) is 29.1 Å². The second-order valence-electron chi connectivity index (χ2n) is 9.67. The molecule has 3 rings (SSSR count). The Morgan fingerprint density at radius 3 is 2.25 bits per heavy atom. The van der Waals surface area contributed by atoms with Crippen molar-refractivity contribution in [3.05, 3.63) is 89.7 Å². The third kappa shape index (κ3) is 7.59. The highest BCUT2D eigenvalue weighted by Gasteiger charge is 2.32. The van der Waals surface area contributed by atoms with E-state index in [1.807, 2.05) is 20.8 Å². The molecule has 0 heterocycles. The average molecular weight is 570 g/mol. The molecule has 40 heavy (non-hydrogen) atoms. The number of rotatable bonds is 12. The van der Waals surface area contributed by atoms with E-state index in [1.165, 1.54) is 36.3 Å². The Bertz CT molecular complexity index is 1410. The van der Waals surface area contributed by atoms with E-state index >= 15 is 0 Å². The molecule has 0 aliphatic heterocycles. The van der Waals surface area contributed by atoms with Crippen molar-refractivity contribution >= 4 is 27.5 Å². The van der Waals surface area contributed by atoms with E-state index in [9.17, 15) is 22.4 Å². The van der Waals surface area contributed by atoms with Gasteiger partial charge in [-0.25, -0.2) is 12.8 Å². The summed E-state index contributed by atoms with van der Waals surface area (Å²) < 4.78 is 47.6. The van der Waals surface area contributed by atoms with Gasteiger partial charge in [0.15, 0.2) is 0 Å². The molecule has 0 fully saturated rings. The zero-order valence-electron chi connectivity index (χ0n) is 23.4. The molecule has 10 heteroatoms. The maximum absolute atomic E-state index is 13.9. The fraction of sp³-hybridized carbons (Fsp3) is 0.333. The summed E-state index contributed by atoms with van der Waals surface area (Å²) in [6.45, 7) is 6.67. The van der Waals surface area contributed by atoms with Gasteiger partial charge in [0, 0.05) is 12.6 Å². The lowest BCUT2D eigenvalue weighted by atomic mass is 10.1. The number of carbonyl (C=O) groups is 2. The number of methoxy groups -OCH3 is 1. The van der Waals surface area contributed by atoms with Crippen LogP contribution in [0.25, 0.3) is 0 Å². The molecular weight excluding hydrogens is 533 g/mol. The molecular formula is C30H36FN3O5S. The van der Waals surface area contributed by atoms with Crippen LogP contribution in [0.5, 0.6) is 5.75 Å². The Hall–Kier alpha value is -3.92. The Labute approximate surface area is 235 Å². The number of carbonyl (C=O) groups excluding carboxylic acids is 2. The standard InChI is InChI=1S/C30H36FN3O5S/c1-6-22(3)32-30(36)23(4)33(19-24-8-7-9-27(18-24)39-5)29(35)20-34(26-14-12-25(31)13-15-26)40(37,38)28-16-10-21(2)11-17-28/h7-18,22-23H,6,19-20H2,1-5H3,(H,32,36)/t22-,23+/m1/s1. The first-order valence-corrected chi connectivity index (χ1v) is 14.5. The van der Waals surface area contributed by atoms with Crippen molar-refractivity contribution in [3.8, 4) is 5.75 Å². The number of benzene rings is 3. The summed E-state index contributed by atoms with van der Waals surface area (Å²) >= 11 is 0. The van der Waals surface area contributed by atoms with Crippen LogP contribution < -0.4 is 14.4 Å². The molecule has 0 bridgehead atoms. The first-order valence-electron chi connectivity index (χ1n) is 13.0. The number of anilines is 1. The molecule has 8 nitrogen and oxygen atoms in total. The smallest absolute Gasteiger partial charge is 0.264 e. The molecule has 0 radical (unpaired) electrons. The lowest BCUT2D eigenvalue weighted by Gasteiger charge is -2.32. The van der Waals surface area contributed by atoms with Crippen LogP contribution >= 0.6 is 0 Å². The van der Waals surface area contributed by atoms with E-state index in [1.54, 1.807) is 43.3 Å². The van der Waals surface area contributed by atoms with Crippen LogP contribution in [-0.4, -0.2) is 50.9 Å². The summed E-state index contributed by atoms with van der Waals surface area (Å²) in [6, 6.07) is 17.2. The average Bonchev–Trinajstić information content (AvgIpc) is 2.94. The van der Waals surface area contributed by atoms with Crippen LogP contribution in [0.4, 0.5) is 10.1 Å². The molecule has 0 spiro atoms. The van der Waals surface area contributed by atoms with Crippen molar-refractivity contribution in [2.45, 2.75) is 57.6 Å². The van der Waals surface area contributed by atoms with Gasteiger partial charge in [-0.05, 0) is 81.3 Å². The van der Waals surface area contributed by atoms with Gasteiger partial charge < -0.3 is 15.0 Å². The van der Waals surface area contributed by atoms with Gasteiger partial charge in [-0.15, -0.1) is 0 Å². The summed E-state index contributed by atoms with van der Waals surface area (Å²) in [5.41, 5.74) is 1.69. The molecule has 0 saturated heterocycles. The van der Waals surface area contributed by atoms with E-state index in [0.717, 1.165) is 22.0 Å². The van der Waals surface area contributed by atoms with Crippen molar-refractivity contribution in [2.75, 3.05) is 18.0 Å². The van der Waals surface area contributed by atoms with Gasteiger partial charge in [-0.1, -0.05) is 36.8 Å². The summed E-state index contributed by atoms with van der Waals surface area (Å²) in [5, 5.41) is 2.89. The predicted molar refractivity (Wildman–Crippen MR) is 153 cm³/mol. The first kappa shape index (κ1) is 30.6. The highest BCUT2D eigenvalue weighted by atomic mass is 32.2. The number of nitrogens with one attached hydrogen (secondary N) is 1. The molecule has 214 valence electrons. The van der Waals surface area contributed by atoms with Crippen molar-refractivity contribution < 1.29 is 27.1 Å². The summed E-state index contributed by atoms with van der Waals surface area (Å²) in [5.74, 6) is -0.927. The fourth-order valence-electron chi connectivity index (χ4n) is 3.99.